The standard InChI is InChI=1S/C18H23NO2/c1-13-4-8-15(9-5-13)16(19)10-6-14-7-11-17(20-2)18(12-14)21-3/h4-5,7-9,11-12,16H,6,10,19H2,1-3H3. The monoisotopic (exact) mass is 285 g/mol. The van der Waals surface area contributed by atoms with Crippen LogP contribution in [0.15, 0.2) is 42.5 Å². The van der Waals surface area contributed by atoms with Crippen molar-refractivity contribution in [1.82, 2.24) is 0 Å². The van der Waals surface area contributed by atoms with Crippen LogP contribution in [0, 0.1) is 6.92 Å². The smallest absolute Gasteiger partial charge is 0.160 e. The first-order valence-corrected chi connectivity index (χ1v) is 7.17. The van der Waals surface area contributed by atoms with Crippen molar-refractivity contribution in [3.05, 3.63) is 59.2 Å². The van der Waals surface area contributed by atoms with E-state index in [1.54, 1.807) is 14.2 Å². The largest absolute Gasteiger partial charge is 0.493 e. The minimum atomic E-state index is 0.0543. The van der Waals surface area contributed by atoms with Crippen LogP contribution in [0.2, 0.25) is 0 Å². The fourth-order valence-corrected chi connectivity index (χ4v) is 2.34. The molecule has 0 aliphatic heterocycles. The van der Waals surface area contributed by atoms with Gasteiger partial charge in [-0.1, -0.05) is 35.9 Å². The average molecular weight is 285 g/mol. The highest BCUT2D eigenvalue weighted by atomic mass is 16.5. The predicted octanol–water partition coefficient (Wildman–Crippen LogP) is 3.64. The van der Waals surface area contributed by atoms with Gasteiger partial charge in [0, 0.05) is 6.04 Å². The fourth-order valence-electron chi connectivity index (χ4n) is 2.34. The van der Waals surface area contributed by atoms with Gasteiger partial charge in [-0.2, -0.15) is 0 Å². The lowest BCUT2D eigenvalue weighted by Crippen LogP contribution is -2.11. The van der Waals surface area contributed by atoms with Gasteiger partial charge in [0.2, 0.25) is 0 Å². The first kappa shape index (κ1) is 15.4. The molecule has 2 rings (SSSR count). The lowest BCUT2D eigenvalue weighted by Gasteiger charge is -2.13. The van der Waals surface area contributed by atoms with Crippen molar-refractivity contribution in [3.8, 4) is 11.5 Å². The molecule has 21 heavy (non-hydrogen) atoms. The van der Waals surface area contributed by atoms with Gasteiger partial charge >= 0.3 is 0 Å². The highest BCUT2D eigenvalue weighted by Gasteiger charge is 2.08. The molecule has 0 fully saturated rings. The van der Waals surface area contributed by atoms with E-state index in [1.807, 2.05) is 12.1 Å². The number of rotatable bonds is 6. The molecule has 3 nitrogen and oxygen atoms in total. The molecule has 0 heterocycles. The number of aryl methyl sites for hydroxylation is 2. The van der Waals surface area contributed by atoms with Crippen molar-refractivity contribution >= 4 is 0 Å². The predicted molar refractivity (Wildman–Crippen MR) is 86.0 cm³/mol. The van der Waals surface area contributed by atoms with E-state index >= 15 is 0 Å². The normalized spacial score (nSPS) is 12.0. The summed E-state index contributed by atoms with van der Waals surface area (Å²) < 4.78 is 10.6. The third kappa shape index (κ3) is 3.99. The Bertz CT molecular complexity index is 578. The molecule has 112 valence electrons. The number of hydrogen-bond donors (Lipinski definition) is 1. The second-order valence-electron chi connectivity index (χ2n) is 5.25. The quantitative estimate of drug-likeness (QED) is 0.881. The number of hydrogen-bond acceptors (Lipinski definition) is 3. The Balaban J connectivity index is 2.00. The van der Waals surface area contributed by atoms with Gasteiger partial charge < -0.3 is 15.2 Å². The van der Waals surface area contributed by atoms with Crippen molar-refractivity contribution in [1.29, 1.82) is 0 Å². The zero-order chi connectivity index (χ0) is 15.2. The van der Waals surface area contributed by atoms with Crippen molar-refractivity contribution in [2.24, 2.45) is 5.73 Å². The zero-order valence-corrected chi connectivity index (χ0v) is 12.9. The van der Waals surface area contributed by atoms with Crippen LogP contribution in [0.5, 0.6) is 11.5 Å². The topological polar surface area (TPSA) is 44.5 Å². The summed E-state index contributed by atoms with van der Waals surface area (Å²) in [5, 5.41) is 0. The lowest BCUT2D eigenvalue weighted by atomic mass is 9.99. The minimum absolute atomic E-state index is 0.0543. The molecule has 2 N–H and O–H groups in total. The summed E-state index contributed by atoms with van der Waals surface area (Å²) in [7, 11) is 3.30. The van der Waals surface area contributed by atoms with E-state index in [2.05, 4.69) is 37.3 Å². The molecular formula is C18H23NO2. The highest BCUT2D eigenvalue weighted by Crippen LogP contribution is 2.28. The molecule has 0 aromatic heterocycles. The third-order valence-electron chi connectivity index (χ3n) is 3.70. The van der Waals surface area contributed by atoms with Crippen LogP contribution in [0.1, 0.15) is 29.2 Å². The van der Waals surface area contributed by atoms with Crippen LogP contribution in [0.25, 0.3) is 0 Å². The van der Waals surface area contributed by atoms with Crippen molar-refractivity contribution < 1.29 is 9.47 Å². The maximum atomic E-state index is 6.26. The second-order valence-corrected chi connectivity index (χ2v) is 5.25. The van der Waals surface area contributed by atoms with Crippen molar-refractivity contribution in [2.45, 2.75) is 25.8 Å². The molecule has 1 unspecified atom stereocenters. The van der Waals surface area contributed by atoms with Crippen molar-refractivity contribution in [2.75, 3.05) is 14.2 Å². The molecule has 0 bridgehead atoms. The van der Waals surface area contributed by atoms with Crippen LogP contribution in [-0.2, 0) is 6.42 Å². The first-order valence-electron chi connectivity index (χ1n) is 7.17. The van der Waals surface area contributed by atoms with Gasteiger partial charge in [-0.25, -0.2) is 0 Å². The van der Waals surface area contributed by atoms with E-state index in [0.29, 0.717) is 0 Å². The van der Waals surface area contributed by atoms with Gasteiger partial charge in [-0.05, 0) is 43.0 Å². The maximum absolute atomic E-state index is 6.26. The Labute approximate surface area is 126 Å². The van der Waals surface area contributed by atoms with Crippen LogP contribution in [0.3, 0.4) is 0 Å². The summed E-state index contributed by atoms with van der Waals surface area (Å²) in [5.41, 5.74) is 9.90. The zero-order valence-electron chi connectivity index (χ0n) is 12.9. The number of nitrogens with two attached hydrogens (primary N) is 1. The molecule has 3 heteroatoms. The number of benzene rings is 2. The average Bonchev–Trinajstić information content (AvgIpc) is 2.52. The van der Waals surface area contributed by atoms with Gasteiger partial charge in [0.05, 0.1) is 14.2 Å². The van der Waals surface area contributed by atoms with Crippen LogP contribution in [0.4, 0.5) is 0 Å². The van der Waals surface area contributed by atoms with Crippen molar-refractivity contribution in [3.63, 3.8) is 0 Å². The Hall–Kier alpha value is -2.00. The molecule has 0 aliphatic carbocycles. The van der Waals surface area contributed by atoms with E-state index in [-0.39, 0.29) is 6.04 Å². The summed E-state index contributed by atoms with van der Waals surface area (Å²) in [6.07, 6.45) is 1.81. The van der Waals surface area contributed by atoms with E-state index in [4.69, 9.17) is 15.2 Å². The lowest BCUT2D eigenvalue weighted by molar-refractivity contribution is 0.354. The Morgan fingerprint density at radius 2 is 1.62 bits per heavy atom. The molecule has 0 aliphatic rings. The second kappa shape index (κ2) is 7.14. The number of ether oxygens (including phenoxy) is 2. The van der Waals surface area contributed by atoms with E-state index in [9.17, 15) is 0 Å². The first-order chi connectivity index (χ1) is 10.1. The molecular weight excluding hydrogens is 262 g/mol. The Morgan fingerprint density at radius 3 is 2.24 bits per heavy atom. The molecule has 1 atom stereocenters. The minimum Gasteiger partial charge on any atom is -0.493 e. The van der Waals surface area contributed by atoms with Gasteiger partial charge in [0.1, 0.15) is 0 Å². The summed E-state index contributed by atoms with van der Waals surface area (Å²) >= 11 is 0. The molecule has 0 radical (unpaired) electrons. The van der Waals surface area contributed by atoms with Gasteiger partial charge in [0.15, 0.2) is 11.5 Å². The summed E-state index contributed by atoms with van der Waals surface area (Å²) in [6, 6.07) is 14.5. The number of methoxy groups -OCH3 is 2. The molecule has 0 spiro atoms. The van der Waals surface area contributed by atoms with Gasteiger partial charge in [0.25, 0.3) is 0 Å². The van der Waals surface area contributed by atoms with E-state index in [0.717, 1.165) is 24.3 Å². The Kier molecular flexibility index (Phi) is 5.23. The van der Waals surface area contributed by atoms with Gasteiger partial charge in [-0.3, -0.25) is 0 Å². The van der Waals surface area contributed by atoms with E-state index < -0.39 is 0 Å². The molecule has 0 amide bonds. The van der Waals surface area contributed by atoms with Gasteiger partial charge in [-0.15, -0.1) is 0 Å². The van der Waals surface area contributed by atoms with E-state index in [1.165, 1.54) is 16.7 Å². The Morgan fingerprint density at radius 1 is 0.952 bits per heavy atom. The maximum Gasteiger partial charge on any atom is 0.160 e. The highest BCUT2D eigenvalue weighted by molar-refractivity contribution is 5.43. The molecule has 2 aromatic rings. The summed E-state index contributed by atoms with van der Waals surface area (Å²) in [4.78, 5) is 0. The summed E-state index contributed by atoms with van der Waals surface area (Å²) in [6.45, 7) is 2.08. The molecule has 2 aromatic carbocycles. The third-order valence-corrected chi connectivity index (χ3v) is 3.70. The molecule has 0 saturated heterocycles. The van der Waals surface area contributed by atoms with Crippen LogP contribution in [-0.4, -0.2) is 14.2 Å². The fraction of sp³-hybridized carbons (Fsp3) is 0.333. The molecule has 0 saturated carbocycles. The van der Waals surface area contributed by atoms with Crippen LogP contribution >= 0.6 is 0 Å². The summed E-state index contributed by atoms with van der Waals surface area (Å²) in [5.74, 6) is 1.52. The SMILES string of the molecule is COc1ccc(CCC(N)c2ccc(C)cc2)cc1OC. The van der Waals surface area contributed by atoms with Crippen LogP contribution < -0.4 is 15.2 Å².